The summed E-state index contributed by atoms with van der Waals surface area (Å²) in [6.45, 7) is 8.91. The minimum atomic E-state index is -0.00350. The Bertz CT molecular complexity index is 429. The highest BCUT2D eigenvalue weighted by Gasteiger charge is 2.37. The highest BCUT2D eigenvalue weighted by molar-refractivity contribution is 5.30. The molecule has 2 atom stereocenters. The number of rotatable bonds is 4. The van der Waals surface area contributed by atoms with Gasteiger partial charge in [-0.05, 0) is 38.5 Å². The average molecular weight is 278 g/mol. The Morgan fingerprint density at radius 3 is 2.45 bits per heavy atom. The van der Waals surface area contributed by atoms with Gasteiger partial charge in [0.25, 0.3) is 0 Å². The maximum Gasteiger partial charge on any atom is 0.118 e. The van der Waals surface area contributed by atoms with Crippen molar-refractivity contribution in [1.82, 2.24) is 4.90 Å². The van der Waals surface area contributed by atoms with Crippen molar-refractivity contribution in [3.05, 3.63) is 29.8 Å². The molecule has 1 aromatic rings. The molecule has 4 heteroatoms. The zero-order valence-corrected chi connectivity index (χ0v) is 12.9. The minimum Gasteiger partial charge on any atom is -0.497 e. The largest absolute Gasteiger partial charge is 0.497 e. The minimum absolute atomic E-state index is 0.00350. The molecule has 1 aliphatic rings. The van der Waals surface area contributed by atoms with E-state index in [1.165, 1.54) is 5.56 Å². The molecule has 1 heterocycles. The highest BCUT2D eigenvalue weighted by atomic mass is 16.5. The quantitative estimate of drug-likeness (QED) is 0.917. The Balaban J connectivity index is 2.29. The molecule has 0 aliphatic carbocycles. The molecule has 4 nitrogen and oxygen atoms in total. The number of benzene rings is 1. The van der Waals surface area contributed by atoms with Crippen molar-refractivity contribution >= 4 is 0 Å². The van der Waals surface area contributed by atoms with Gasteiger partial charge >= 0.3 is 0 Å². The van der Waals surface area contributed by atoms with Gasteiger partial charge in [-0.25, -0.2) is 0 Å². The summed E-state index contributed by atoms with van der Waals surface area (Å²) < 4.78 is 10.8. The van der Waals surface area contributed by atoms with E-state index < -0.39 is 0 Å². The third-order valence-corrected chi connectivity index (χ3v) is 4.00. The number of hydrogen-bond donors (Lipinski definition) is 1. The molecule has 2 rings (SSSR count). The van der Waals surface area contributed by atoms with Gasteiger partial charge in [0.2, 0.25) is 0 Å². The second-order valence-corrected chi connectivity index (χ2v) is 6.14. The molecular formula is C16H26N2O2. The summed E-state index contributed by atoms with van der Waals surface area (Å²) >= 11 is 0. The topological polar surface area (TPSA) is 47.7 Å². The third kappa shape index (κ3) is 3.14. The smallest absolute Gasteiger partial charge is 0.118 e. The van der Waals surface area contributed by atoms with Crippen LogP contribution in [0.4, 0.5) is 0 Å². The van der Waals surface area contributed by atoms with Gasteiger partial charge in [-0.3, -0.25) is 4.90 Å². The fourth-order valence-electron chi connectivity index (χ4n) is 2.95. The van der Waals surface area contributed by atoms with Gasteiger partial charge in [-0.1, -0.05) is 12.1 Å². The van der Waals surface area contributed by atoms with E-state index in [-0.39, 0.29) is 17.6 Å². The molecule has 2 N–H and O–H groups in total. The lowest BCUT2D eigenvalue weighted by Crippen LogP contribution is -2.57. The SMILES string of the molecule is COc1ccc(C(C(C)N)N2CCOCC2(C)C)cc1. The Morgan fingerprint density at radius 2 is 1.95 bits per heavy atom. The van der Waals surface area contributed by atoms with Crippen molar-refractivity contribution in [3.63, 3.8) is 0 Å². The molecule has 0 radical (unpaired) electrons. The van der Waals surface area contributed by atoms with Crippen LogP contribution in [0.15, 0.2) is 24.3 Å². The molecule has 112 valence electrons. The van der Waals surface area contributed by atoms with E-state index in [9.17, 15) is 0 Å². The van der Waals surface area contributed by atoms with E-state index in [0.29, 0.717) is 0 Å². The Morgan fingerprint density at radius 1 is 1.30 bits per heavy atom. The Kier molecular flexibility index (Phi) is 4.68. The van der Waals surface area contributed by atoms with Gasteiger partial charge in [0.1, 0.15) is 5.75 Å². The monoisotopic (exact) mass is 278 g/mol. The third-order valence-electron chi connectivity index (χ3n) is 4.00. The van der Waals surface area contributed by atoms with Crippen LogP contribution in [0.1, 0.15) is 32.4 Å². The lowest BCUT2D eigenvalue weighted by atomic mass is 9.92. The van der Waals surface area contributed by atoms with E-state index in [4.69, 9.17) is 15.2 Å². The first-order chi connectivity index (χ1) is 9.45. The van der Waals surface area contributed by atoms with E-state index in [2.05, 4.69) is 37.8 Å². The van der Waals surface area contributed by atoms with E-state index in [1.54, 1.807) is 7.11 Å². The summed E-state index contributed by atoms with van der Waals surface area (Å²) in [5, 5.41) is 0. The normalized spacial score (nSPS) is 22.2. The van der Waals surface area contributed by atoms with Crippen LogP contribution in [0.2, 0.25) is 0 Å². The zero-order valence-electron chi connectivity index (χ0n) is 12.9. The summed E-state index contributed by atoms with van der Waals surface area (Å²) in [5.74, 6) is 0.874. The highest BCUT2D eigenvalue weighted by Crippen LogP contribution is 2.33. The molecule has 0 aromatic heterocycles. The van der Waals surface area contributed by atoms with Crippen molar-refractivity contribution in [2.75, 3.05) is 26.9 Å². The second-order valence-electron chi connectivity index (χ2n) is 6.14. The van der Waals surface area contributed by atoms with Crippen LogP contribution in [-0.2, 0) is 4.74 Å². The summed E-state index contributed by atoms with van der Waals surface area (Å²) in [6.07, 6.45) is 0. The van der Waals surface area contributed by atoms with Crippen molar-refractivity contribution in [2.45, 2.75) is 38.4 Å². The molecule has 20 heavy (non-hydrogen) atoms. The lowest BCUT2D eigenvalue weighted by molar-refractivity contribution is -0.0766. The molecule has 1 aliphatic heterocycles. The van der Waals surface area contributed by atoms with Crippen molar-refractivity contribution in [1.29, 1.82) is 0 Å². The van der Waals surface area contributed by atoms with Crippen LogP contribution in [-0.4, -0.2) is 43.3 Å². The van der Waals surface area contributed by atoms with Crippen molar-refractivity contribution < 1.29 is 9.47 Å². The molecule has 0 amide bonds. The predicted octanol–water partition coefficient (Wildman–Crippen LogP) is 2.19. The van der Waals surface area contributed by atoms with Gasteiger partial charge < -0.3 is 15.2 Å². The molecule has 1 fully saturated rings. The number of nitrogens with two attached hydrogens (primary N) is 1. The Hall–Kier alpha value is -1.10. The number of hydrogen-bond acceptors (Lipinski definition) is 4. The van der Waals surface area contributed by atoms with Crippen molar-refractivity contribution in [3.8, 4) is 5.75 Å². The number of morpholine rings is 1. The first-order valence-corrected chi connectivity index (χ1v) is 7.20. The van der Waals surface area contributed by atoms with Crippen LogP contribution in [0.25, 0.3) is 0 Å². The van der Waals surface area contributed by atoms with E-state index in [1.807, 2.05) is 12.1 Å². The van der Waals surface area contributed by atoms with Crippen LogP contribution < -0.4 is 10.5 Å². The standard InChI is InChI=1S/C16H26N2O2/c1-12(17)15(13-5-7-14(19-4)8-6-13)18-9-10-20-11-16(18,2)3/h5-8,12,15H,9-11,17H2,1-4H3. The van der Waals surface area contributed by atoms with Crippen LogP contribution in [0.3, 0.4) is 0 Å². The van der Waals surface area contributed by atoms with E-state index >= 15 is 0 Å². The first kappa shape index (κ1) is 15.3. The summed E-state index contributed by atoms with van der Waals surface area (Å²) in [7, 11) is 1.68. The van der Waals surface area contributed by atoms with Gasteiger partial charge in [0, 0.05) is 18.1 Å². The maximum absolute atomic E-state index is 6.28. The van der Waals surface area contributed by atoms with Gasteiger partial charge in [0.05, 0.1) is 26.4 Å². The fourth-order valence-corrected chi connectivity index (χ4v) is 2.95. The molecule has 1 aromatic carbocycles. The molecule has 1 saturated heterocycles. The number of ether oxygens (including phenoxy) is 2. The van der Waals surface area contributed by atoms with Gasteiger partial charge in [-0.2, -0.15) is 0 Å². The van der Waals surface area contributed by atoms with Gasteiger partial charge in [0.15, 0.2) is 0 Å². The molecule has 2 unspecified atom stereocenters. The number of nitrogens with zero attached hydrogens (tertiary/aromatic N) is 1. The molecule has 0 saturated carbocycles. The number of methoxy groups -OCH3 is 1. The van der Waals surface area contributed by atoms with Gasteiger partial charge in [-0.15, -0.1) is 0 Å². The zero-order chi connectivity index (χ0) is 14.8. The first-order valence-electron chi connectivity index (χ1n) is 7.20. The molecular weight excluding hydrogens is 252 g/mol. The van der Waals surface area contributed by atoms with Crippen LogP contribution in [0, 0.1) is 0 Å². The predicted molar refractivity (Wildman–Crippen MR) is 81.0 cm³/mol. The average Bonchev–Trinajstić information content (AvgIpc) is 2.41. The summed E-state index contributed by atoms with van der Waals surface area (Å²) in [4.78, 5) is 2.46. The maximum atomic E-state index is 6.28. The van der Waals surface area contributed by atoms with E-state index in [0.717, 1.165) is 25.5 Å². The van der Waals surface area contributed by atoms with Crippen LogP contribution >= 0.6 is 0 Å². The van der Waals surface area contributed by atoms with Crippen LogP contribution in [0.5, 0.6) is 5.75 Å². The van der Waals surface area contributed by atoms with Crippen molar-refractivity contribution in [2.24, 2.45) is 5.73 Å². The Labute approximate surface area is 121 Å². The second kappa shape index (κ2) is 6.12. The molecule has 0 bridgehead atoms. The summed E-state index contributed by atoms with van der Waals surface area (Å²) in [5.41, 5.74) is 7.51. The molecule has 0 spiro atoms. The lowest BCUT2D eigenvalue weighted by Gasteiger charge is -2.48. The fraction of sp³-hybridized carbons (Fsp3) is 0.625. The summed E-state index contributed by atoms with van der Waals surface area (Å²) in [6, 6.07) is 8.47.